The van der Waals surface area contributed by atoms with Gasteiger partial charge in [0.15, 0.2) is 11.5 Å². The summed E-state index contributed by atoms with van der Waals surface area (Å²) >= 11 is 0. The number of esters is 1. The summed E-state index contributed by atoms with van der Waals surface area (Å²) in [6, 6.07) is 8.74. The Morgan fingerprint density at radius 1 is 1.08 bits per heavy atom. The summed E-state index contributed by atoms with van der Waals surface area (Å²) in [5, 5.41) is 31.1. The molecule has 1 aromatic carbocycles. The van der Waals surface area contributed by atoms with E-state index in [1.54, 1.807) is 30.3 Å². The van der Waals surface area contributed by atoms with Crippen molar-refractivity contribution in [3.8, 4) is 0 Å². The second kappa shape index (κ2) is 6.66. The van der Waals surface area contributed by atoms with Crippen LogP contribution in [0.15, 0.2) is 41.9 Å². The SMILES string of the molecule is COC(=O)C1(O)C(OC)=C(O)C(=O)C1(O)C(=O)CCc1ccccc1. The van der Waals surface area contributed by atoms with Gasteiger partial charge >= 0.3 is 5.97 Å². The lowest BCUT2D eigenvalue weighted by molar-refractivity contribution is -0.193. The van der Waals surface area contributed by atoms with Gasteiger partial charge in [0.25, 0.3) is 5.60 Å². The van der Waals surface area contributed by atoms with E-state index in [1.165, 1.54) is 0 Å². The van der Waals surface area contributed by atoms with Crippen molar-refractivity contribution in [2.75, 3.05) is 14.2 Å². The van der Waals surface area contributed by atoms with Crippen LogP contribution in [-0.2, 0) is 30.3 Å². The number of aryl methyl sites for hydroxylation is 1. The molecule has 25 heavy (non-hydrogen) atoms. The fraction of sp³-hybridized carbons (Fsp3) is 0.353. The molecule has 0 heterocycles. The Bertz CT molecular complexity index is 738. The smallest absolute Gasteiger partial charge is 0.350 e. The molecular weight excluding hydrogens is 332 g/mol. The molecule has 2 unspecified atom stereocenters. The van der Waals surface area contributed by atoms with Gasteiger partial charge in [-0.15, -0.1) is 0 Å². The van der Waals surface area contributed by atoms with Crippen molar-refractivity contribution in [3.05, 3.63) is 47.4 Å². The summed E-state index contributed by atoms with van der Waals surface area (Å²) in [6.45, 7) is 0. The van der Waals surface area contributed by atoms with Gasteiger partial charge in [-0.3, -0.25) is 9.59 Å². The number of ether oxygens (including phenoxy) is 2. The molecule has 2 atom stereocenters. The Hall–Kier alpha value is -2.71. The monoisotopic (exact) mass is 350 g/mol. The molecule has 0 amide bonds. The lowest BCUT2D eigenvalue weighted by atomic mass is 9.78. The van der Waals surface area contributed by atoms with Crippen molar-refractivity contribution in [2.24, 2.45) is 0 Å². The Morgan fingerprint density at radius 2 is 1.68 bits per heavy atom. The van der Waals surface area contributed by atoms with E-state index in [4.69, 9.17) is 0 Å². The van der Waals surface area contributed by atoms with E-state index in [0.717, 1.165) is 19.8 Å². The van der Waals surface area contributed by atoms with Crippen LogP contribution in [0.4, 0.5) is 0 Å². The van der Waals surface area contributed by atoms with Gasteiger partial charge in [0.05, 0.1) is 14.2 Å². The highest BCUT2D eigenvalue weighted by Gasteiger charge is 2.74. The number of aliphatic hydroxyl groups is 3. The van der Waals surface area contributed by atoms with Gasteiger partial charge in [-0.25, -0.2) is 4.79 Å². The van der Waals surface area contributed by atoms with Gasteiger partial charge in [0.2, 0.25) is 17.1 Å². The summed E-state index contributed by atoms with van der Waals surface area (Å²) in [5.74, 6) is -6.30. The number of Topliss-reactive ketones (excluding diaryl/α,β-unsaturated/α-hetero) is 2. The Balaban J connectivity index is 2.40. The van der Waals surface area contributed by atoms with Crippen LogP contribution in [0.2, 0.25) is 0 Å². The molecule has 1 aliphatic rings. The van der Waals surface area contributed by atoms with Crippen LogP contribution in [0.3, 0.4) is 0 Å². The number of aliphatic hydroxyl groups excluding tert-OH is 1. The van der Waals surface area contributed by atoms with Crippen LogP contribution in [0.1, 0.15) is 12.0 Å². The molecule has 8 nitrogen and oxygen atoms in total. The molecular formula is C17H18O8. The van der Waals surface area contributed by atoms with Gasteiger partial charge in [0.1, 0.15) is 0 Å². The zero-order valence-electron chi connectivity index (χ0n) is 13.7. The van der Waals surface area contributed by atoms with E-state index in [9.17, 15) is 29.7 Å². The van der Waals surface area contributed by atoms with Gasteiger partial charge in [0, 0.05) is 6.42 Å². The largest absolute Gasteiger partial charge is 0.502 e. The van der Waals surface area contributed by atoms with Gasteiger partial charge in [-0.2, -0.15) is 0 Å². The van der Waals surface area contributed by atoms with Crippen molar-refractivity contribution in [1.82, 2.24) is 0 Å². The average Bonchev–Trinajstić information content (AvgIpc) is 2.79. The van der Waals surface area contributed by atoms with Crippen molar-refractivity contribution in [1.29, 1.82) is 0 Å². The number of methoxy groups -OCH3 is 2. The third-order valence-corrected chi connectivity index (χ3v) is 4.18. The molecule has 0 saturated heterocycles. The van der Waals surface area contributed by atoms with E-state index in [1.807, 2.05) is 0 Å². The molecule has 0 spiro atoms. The molecule has 0 saturated carbocycles. The van der Waals surface area contributed by atoms with Gasteiger partial charge in [-0.05, 0) is 12.0 Å². The quantitative estimate of drug-likeness (QED) is 0.476. The van der Waals surface area contributed by atoms with Gasteiger partial charge in [-0.1, -0.05) is 30.3 Å². The third-order valence-electron chi connectivity index (χ3n) is 4.18. The van der Waals surface area contributed by atoms with E-state index < -0.39 is 40.3 Å². The fourth-order valence-corrected chi connectivity index (χ4v) is 2.82. The predicted octanol–water partition coefficient (Wildman–Crippen LogP) is -0.178. The molecule has 1 aliphatic carbocycles. The number of rotatable bonds is 6. The minimum atomic E-state index is -3.23. The first-order chi connectivity index (χ1) is 11.7. The maximum atomic E-state index is 12.6. The molecule has 0 aromatic heterocycles. The molecule has 0 aliphatic heterocycles. The van der Waals surface area contributed by atoms with Crippen LogP contribution >= 0.6 is 0 Å². The number of carbonyl (C=O) groups excluding carboxylic acids is 3. The highest BCUT2D eigenvalue weighted by molar-refractivity contribution is 6.24. The normalized spacial score (nSPS) is 25.8. The van der Waals surface area contributed by atoms with Crippen molar-refractivity contribution >= 4 is 17.5 Å². The van der Waals surface area contributed by atoms with Crippen molar-refractivity contribution in [2.45, 2.75) is 24.0 Å². The Morgan fingerprint density at radius 3 is 2.20 bits per heavy atom. The molecule has 134 valence electrons. The van der Waals surface area contributed by atoms with Crippen LogP contribution in [0, 0.1) is 0 Å². The lowest BCUT2D eigenvalue weighted by Crippen LogP contribution is -2.65. The summed E-state index contributed by atoms with van der Waals surface area (Å²) < 4.78 is 9.08. The summed E-state index contributed by atoms with van der Waals surface area (Å²) in [5.41, 5.74) is -5.65. The zero-order valence-corrected chi connectivity index (χ0v) is 13.7. The Kier molecular flexibility index (Phi) is 4.96. The highest BCUT2D eigenvalue weighted by atomic mass is 16.6. The third kappa shape index (κ3) is 2.59. The summed E-state index contributed by atoms with van der Waals surface area (Å²) in [6.07, 6.45) is -0.217. The number of hydrogen-bond donors (Lipinski definition) is 3. The number of carbonyl (C=O) groups is 3. The second-order valence-corrected chi connectivity index (χ2v) is 5.53. The number of benzene rings is 1. The minimum Gasteiger partial charge on any atom is -0.502 e. The standard InChI is InChI=1S/C17H18O8/c1-24-14-12(19)13(20)16(22,17(14,23)15(21)25-2)11(18)9-8-10-6-4-3-5-7-10/h3-7,19,22-23H,8-9H2,1-2H3. The first kappa shape index (κ1) is 18.6. The molecule has 1 aromatic rings. The van der Waals surface area contributed by atoms with Crippen LogP contribution < -0.4 is 0 Å². The summed E-state index contributed by atoms with van der Waals surface area (Å²) in [4.78, 5) is 36.8. The molecule has 2 rings (SSSR count). The van der Waals surface area contributed by atoms with Crippen LogP contribution in [-0.4, -0.2) is 58.3 Å². The maximum absolute atomic E-state index is 12.6. The van der Waals surface area contributed by atoms with Crippen LogP contribution in [0.5, 0.6) is 0 Å². The van der Waals surface area contributed by atoms with Gasteiger partial charge < -0.3 is 24.8 Å². The Labute approximate surface area is 143 Å². The second-order valence-electron chi connectivity index (χ2n) is 5.53. The number of ketones is 2. The first-order valence-corrected chi connectivity index (χ1v) is 7.38. The van der Waals surface area contributed by atoms with E-state index in [0.29, 0.717) is 0 Å². The first-order valence-electron chi connectivity index (χ1n) is 7.38. The molecule has 0 bridgehead atoms. The predicted molar refractivity (Wildman–Crippen MR) is 83.4 cm³/mol. The molecule has 3 N–H and O–H groups in total. The van der Waals surface area contributed by atoms with Crippen LogP contribution in [0.25, 0.3) is 0 Å². The van der Waals surface area contributed by atoms with E-state index >= 15 is 0 Å². The highest BCUT2D eigenvalue weighted by Crippen LogP contribution is 2.43. The topological polar surface area (TPSA) is 130 Å². The summed E-state index contributed by atoms with van der Waals surface area (Å²) in [7, 11) is 1.86. The maximum Gasteiger partial charge on any atom is 0.350 e. The molecule has 8 heteroatoms. The average molecular weight is 350 g/mol. The lowest BCUT2D eigenvalue weighted by Gasteiger charge is -2.33. The van der Waals surface area contributed by atoms with Crippen molar-refractivity contribution < 1.29 is 39.2 Å². The van der Waals surface area contributed by atoms with E-state index in [2.05, 4.69) is 9.47 Å². The minimum absolute atomic E-state index is 0.148. The fourth-order valence-electron chi connectivity index (χ4n) is 2.82. The molecule has 0 radical (unpaired) electrons. The number of hydrogen-bond acceptors (Lipinski definition) is 8. The van der Waals surface area contributed by atoms with Crippen molar-refractivity contribution in [3.63, 3.8) is 0 Å². The zero-order chi connectivity index (χ0) is 18.8. The molecule has 0 fully saturated rings. The van der Waals surface area contributed by atoms with E-state index in [-0.39, 0.29) is 12.8 Å².